The van der Waals surface area contributed by atoms with Gasteiger partial charge in [0.1, 0.15) is 0 Å². The molecule has 2 N–H and O–H groups in total. The van der Waals surface area contributed by atoms with Crippen LogP contribution in [0.4, 0.5) is 0 Å². The van der Waals surface area contributed by atoms with Crippen molar-refractivity contribution >= 4 is 5.91 Å². The maximum atomic E-state index is 12.6. The van der Waals surface area contributed by atoms with Crippen molar-refractivity contribution in [2.75, 3.05) is 32.7 Å². The molecule has 20 heavy (non-hydrogen) atoms. The topological polar surface area (TPSA) is 44.4 Å². The van der Waals surface area contributed by atoms with Crippen LogP contribution in [0, 0.1) is 5.41 Å². The first-order chi connectivity index (χ1) is 9.72. The van der Waals surface area contributed by atoms with E-state index in [9.17, 15) is 4.79 Å². The molecule has 1 atom stereocenters. The third kappa shape index (κ3) is 3.95. The molecule has 1 saturated carbocycles. The molecule has 1 unspecified atom stereocenters. The van der Waals surface area contributed by atoms with E-state index in [1.165, 1.54) is 12.8 Å². The average Bonchev–Trinajstić information content (AvgIpc) is 3.29. The minimum Gasteiger partial charge on any atom is -0.354 e. The molecule has 1 aliphatic heterocycles. The van der Waals surface area contributed by atoms with E-state index in [-0.39, 0.29) is 11.3 Å². The van der Waals surface area contributed by atoms with Gasteiger partial charge in [-0.15, -0.1) is 0 Å². The van der Waals surface area contributed by atoms with E-state index in [2.05, 4.69) is 29.4 Å². The van der Waals surface area contributed by atoms with Crippen LogP contribution in [-0.4, -0.2) is 49.6 Å². The van der Waals surface area contributed by atoms with Crippen molar-refractivity contribution in [1.29, 1.82) is 0 Å². The van der Waals surface area contributed by atoms with Crippen molar-refractivity contribution in [3.63, 3.8) is 0 Å². The Morgan fingerprint density at radius 3 is 2.75 bits per heavy atom. The van der Waals surface area contributed by atoms with Gasteiger partial charge in [0.05, 0.1) is 5.41 Å². The fraction of sp³-hybridized carbons (Fsp3) is 0.938. The number of carbonyl (C=O) groups excluding carboxylic acids is 1. The van der Waals surface area contributed by atoms with Gasteiger partial charge in [-0.05, 0) is 45.2 Å². The second kappa shape index (κ2) is 7.41. The molecule has 0 spiro atoms. The van der Waals surface area contributed by atoms with Gasteiger partial charge < -0.3 is 10.6 Å². The Labute approximate surface area is 123 Å². The minimum absolute atomic E-state index is 0.149. The van der Waals surface area contributed by atoms with Gasteiger partial charge >= 0.3 is 0 Å². The molecule has 4 nitrogen and oxygen atoms in total. The first-order valence-corrected chi connectivity index (χ1v) is 8.45. The van der Waals surface area contributed by atoms with Crippen LogP contribution in [0.3, 0.4) is 0 Å². The van der Waals surface area contributed by atoms with E-state index < -0.39 is 0 Å². The Kier molecular flexibility index (Phi) is 5.85. The lowest BCUT2D eigenvalue weighted by atomic mass is 9.76. The molecule has 1 saturated heterocycles. The third-order valence-electron chi connectivity index (χ3n) is 4.84. The predicted octanol–water partition coefficient (Wildman–Crippen LogP) is 1.76. The van der Waals surface area contributed by atoms with Crippen molar-refractivity contribution in [1.82, 2.24) is 15.5 Å². The monoisotopic (exact) mass is 281 g/mol. The molecule has 0 radical (unpaired) electrons. The zero-order valence-electron chi connectivity index (χ0n) is 13.2. The zero-order valence-corrected chi connectivity index (χ0v) is 13.2. The summed E-state index contributed by atoms with van der Waals surface area (Å²) in [5.41, 5.74) is -0.149. The van der Waals surface area contributed by atoms with Gasteiger partial charge in [-0.1, -0.05) is 20.3 Å². The van der Waals surface area contributed by atoms with E-state index in [0.29, 0.717) is 0 Å². The predicted molar refractivity (Wildman–Crippen MR) is 82.7 cm³/mol. The fourth-order valence-corrected chi connectivity index (χ4v) is 3.51. The van der Waals surface area contributed by atoms with Crippen LogP contribution in [0.1, 0.15) is 52.4 Å². The number of nitrogens with zero attached hydrogens (tertiary/aromatic N) is 1. The molecule has 2 rings (SSSR count). The van der Waals surface area contributed by atoms with Crippen LogP contribution in [-0.2, 0) is 4.79 Å². The highest BCUT2D eigenvalue weighted by atomic mass is 16.2. The molecule has 1 heterocycles. The van der Waals surface area contributed by atoms with Crippen molar-refractivity contribution in [3.05, 3.63) is 0 Å². The highest BCUT2D eigenvalue weighted by molar-refractivity contribution is 5.83. The molecule has 0 aromatic rings. The summed E-state index contributed by atoms with van der Waals surface area (Å²) in [6.45, 7) is 9.20. The first kappa shape index (κ1) is 15.8. The van der Waals surface area contributed by atoms with Crippen molar-refractivity contribution < 1.29 is 4.79 Å². The van der Waals surface area contributed by atoms with Crippen molar-refractivity contribution in [2.45, 2.75) is 58.4 Å². The number of amides is 1. The number of rotatable bonds is 8. The lowest BCUT2D eigenvalue weighted by Crippen LogP contribution is -2.51. The molecule has 4 heteroatoms. The summed E-state index contributed by atoms with van der Waals surface area (Å²) in [5.74, 6) is 0.276. The number of likely N-dealkylation sites (N-methyl/N-ethyl adjacent to an activating group) is 1. The van der Waals surface area contributed by atoms with Gasteiger partial charge in [0, 0.05) is 25.7 Å². The molecule has 1 aliphatic carbocycles. The first-order valence-electron chi connectivity index (χ1n) is 8.45. The summed E-state index contributed by atoms with van der Waals surface area (Å²) in [6.07, 6.45) is 6.93. The molecule has 2 fully saturated rings. The summed E-state index contributed by atoms with van der Waals surface area (Å²) in [5, 5.41) is 6.61. The zero-order chi connectivity index (χ0) is 14.4. The summed E-state index contributed by atoms with van der Waals surface area (Å²) in [7, 11) is 0. The van der Waals surface area contributed by atoms with Crippen LogP contribution in [0.5, 0.6) is 0 Å². The molecular weight excluding hydrogens is 250 g/mol. The number of piperidine rings is 1. The summed E-state index contributed by atoms with van der Waals surface area (Å²) >= 11 is 0. The summed E-state index contributed by atoms with van der Waals surface area (Å²) in [4.78, 5) is 15.1. The number of nitrogens with one attached hydrogen (secondary N) is 2. The molecule has 116 valence electrons. The standard InChI is InChI=1S/C16H31N3O/c1-3-8-16(9-5-10-17-13-16)15(20)18-11-12-19(4-2)14-6-7-14/h14,17H,3-13H2,1-2H3,(H,18,20). The second-order valence-corrected chi connectivity index (χ2v) is 6.43. The van der Waals surface area contributed by atoms with Gasteiger partial charge in [-0.3, -0.25) is 9.69 Å². The molecule has 0 aromatic heterocycles. The lowest BCUT2D eigenvalue weighted by molar-refractivity contribution is -0.132. The van der Waals surface area contributed by atoms with Crippen LogP contribution in [0.2, 0.25) is 0 Å². The normalized spacial score (nSPS) is 26.8. The largest absolute Gasteiger partial charge is 0.354 e. The SMILES string of the molecule is CCCC1(C(=O)NCCN(CC)C2CC2)CCCNC1. The fourth-order valence-electron chi connectivity index (χ4n) is 3.51. The lowest BCUT2D eigenvalue weighted by Gasteiger charge is -2.36. The van der Waals surface area contributed by atoms with E-state index in [1.807, 2.05) is 0 Å². The van der Waals surface area contributed by atoms with Gasteiger partial charge in [-0.2, -0.15) is 0 Å². The Morgan fingerprint density at radius 1 is 1.40 bits per heavy atom. The second-order valence-electron chi connectivity index (χ2n) is 6.43. The van der Waals surface area contributed by atoms with Gasteiger partial charge in [0.2, 0.25) is 5.91 Å². The van der Waals surface area contributed by atoms with Crippen LogP contribution in [0.15, 0.2) is 0 Å². The van der Waals surface area contributed by atoms with E-state index in [1.54, 1.807) is 0 Å². The molecule has 1 amide bonds. The Morgan fingerprint density at radius 2 is 2.20 bits per heavy atom. The number of hydrogen-bond acceptors (Lipinski definition) is 3. The molecule has 2 aliphatic rings. The maximum Gasteiger partial charge on any atom is 0.227 e. The highest BCUT2D eigenvalue weighted by Gasteiger charge is 2.38. The van der Waals surface area contributed by atoms with Gasteiger partial charge in [-0.25, -0.2) is 0 Å². The molecular formula is C16H31N3O. The summed E-state index contributed by atoms with van der Waals surface area (Å²) in [6, 6.07) is 0.790. The van der Waals surface area contributed by atoms with Gasteiger partial charge in [0.25, 0.3) is 0 Å². The van der Waals surface area contributed by atoms with E-state index in [0.717, 1.165) is 64.4 Å². The summed E-state index contributed by atoms with van der Waals surface area (Å²) < 4.78 is 0. The van der Waals surface area contributed by atoms with E-state index >= 15 is 0 Å². The quantitative estimate of drug-likeness (QED) is 0.712. The van der Waals surface area contributed by atoms with Gasteiger partial charge in [0.15, 0.2) is 0 Å². The molecule has 0 aromatic carbocycles. The Hall–Kier alpha value is -0.610. The minimum atomic E-state index is -0.149. The number of hydrogen-bond donors (Lipinski definition) is 2. The van der Waals surface area contributed by atoms with E-state index in [4.69, 9.17) is 0 Å². The third-order valence-corrected chi connectivity index (χ3v) is 4.84. The Bertz CT molecular complexity index is 303. The van der Waals surface area contributed by atoms with Crippen molar-refractivity contribution in [2.24, 2.45) is 5.41 Å². The van der Waals surface area contributed by atoms with Crippen LogP contribution in [0.25, 0.3) is 0 Å². The van der Waals surface area contributed by atoms with Crippen LogP contribution < -0.4 is 10.6 Å². The maximum absolute atomic E-state index is 12.6. The Balaban J connectivity index is 1.78. The average molecular weight is 281 g/mol. The smallest absolute Gasteiger partial charge is 0.227 e. The van der Waals surface area contributed by atoms with Crippen molar-refractivity contribution in [3.8, 4) is 0 Å². The number of carbonyl (C=O) groups is 1. The highest BCUT2D eigenvalue weighted by Crippen LogP contribution is 2.32. The molecule has 0 bridgehead atoms. The van der Waals surface area contributed by atoms with Crippen LogP contribution >= 0.6 is 0 Å².